The molecular weight excluding hydrogens is 270 g/mol. The molecule has 3 rings (SSSR count). The standard InChI is InChI=1S/C15H24N2.C4H9N.H2/c1-3-7-14(8-4-1)13-16-11-12-17-15-9-5-2-6-10-15;1-2-4-5-3-1;/h1,3-4,7-8,15-17H,2,5-6,9-13H2;5H,1-4H2;1H. The zero-order valence-corrected chi connectivity index (χ0v) is 13.9. The van der Waals surface area contributed by atoms with Crippen molar-refractivity contribution in [3.05, 3.63) is 35.9 Å². The molecule has 2 fully saturated rings. The molecule has 2 aliphatic rings. The predicted molar refractivity (Wildman–Crippen MR) is 97.2 cm³/mol. The van der Waals surface area contributed by atoms with Crippen LogP contribution >= 0.6 is 0 Å². The lowest BCUT2D eigenvalue weighted by Gasteiger charge is -2.22. The molecule has 0 atom stereocenters. The van der Waals surface area contributed by atoms with Gasteiger partial charge >= 0.3 is 0 Å². The van der Waals surface area contributed by atoms with Crippen LogP contribution in [0.25, 0.3) is 0 Å². The van der Waals surface area contributed by atoms with Gasteiger partial charge in [0.1, 0.15) is 0 Å². The second kappa shape index (κ2) is 11.6. The molecule has 1 aliphatic heterocycles. The first kappa shape index (κ1) is 17.5. The van der Waals surface area contributed by atoms with Crippen LogP contribution in [0.2, 0.25) is 0 Å². The summed E-state index contributed by atoms with van der Waals surface area (Å²) >= 11 is 0. The topological polar surface area (TPSA) is 36.1 Å². The maximum atomic E-state index is 3.65. The Morgan fingerprint density at radius 3 is 2.27 bits per heavy atom. The van der Waals surface area contributed by atoms with Crippen LogP contribution < -0.4 is 16.0 Å². The van der Waals surface area contributed by atoms with Crippen molar-refractivity contribution in [3.63, 3.8) is 0 Å². The summed E-state index contributed by atoms with van der Waals surface area (Å²) in [5.74, 6) is 0. The van der Waals surface area contributed by atoms with Gasteiger partial charge in [0, 0.05) is 27.1 Å². The summed E-state index contributed by atoms with van der Waals surface area (Å²) < 4.78 is 0. The fraction of sp³-hybridized carbons (Fsp3) is 0.684. The monoisotopic (exact) mass is 305 g/mol. The predicted octanol–water partition coefficient (Wildman–Crippen LogP) is 3.31. The van der Waals surface area contributed by atoms with Crippen molar-refractivity contribution in [2.45, 2.75) is 57.5 Å². The maximum absolute atomic E-state index is 3.65. The normalized spacial score (nSPS) is 18.7. The van der Waals surface area contributed by atoms with E-state index in [1.54, 1.807) is 0 Å². The molecule has 22 heavy (non-hydrogen) atoms. The van der Waals surface area contributed by atoms with Gasteiger partial charge in [-0.1, -0.05) is 49.6 Å². The van der Waals surface area contributed by atoms with E-state index in [0.717, 1.165) is 25.7 Å². The fourth-order valence-corrected chi connectivity index (χ4v) is 3.12. The molecule has 1 aromatic carbocycles. The van der Waals surface area contributed by atoms with E-state index < -0.39 is 0 Å². The highest BCUT2D eigenvalue weighted by atomic mass is 15.0. The van der Waals surface area contributed by atoms with Gasteiger partial charge in [0.2, 0.25) is 0 Å². The van der Waals surface area contributed by atoms with Crippen LogP contribution in [0, 0.1) is 0 Å². The number of benzene rings is 1. The van der Waals surface area contributed by atoms with Crippen molar-refractivity contribution in [2.75, 3.05) is 26.2 Å². The smallest absolute Gasteiger partial charge is 0.0206 e. The maximum Gasteiger partial charge on any atom is 0.0206 e. The summed E-state index contributed by atoms with van der Waals surface area (Å²) in [5.41, 5.74) is 1.37. The summed E-state index contributed by atoms with van der Waals surface area (Å²) in [7, 11) is 0. The average Bonchev–Trinajstić information content (AvgIpc) is 3.16. The van der Waals surface area contributed by atoms with Crippen LogP contribution in [0.3, 0.4) is 0 Å². The lowest BCUT2D eigenvalue weighted by atomic mass is 9.95. The molecule has 1 saturated heterocycles. The average molecular weight is 306 g/mol. The van der Waals surface area contributed by atoms with Crippen molar-refractivity contribution in [2.24, 2.45) is 0 Å². The Kier molecular flexibility index (Phi) is 9.23. The van der Waals surface area contributed by atoms with Gasteiger partial charge in [-0.15, -0.1) is 0 Å². The Labute approximate surface area is 137 Å². The van der Waals surface area contributed by atoms with Gasteiger partial charge in [-0.25, -0.2) is 0 Å². The minimum atomic E-state index is 0. The van der Waals surface area contributed by atoms with E-state index in [9.17, 15) is 0 Å². The highest BCUT2D eigenvalue weighted by Crippen LogP contribution is 2.16. The summed E-state index contributed by atoms with van der Waals surface area (Å²) in [6, 6.07) is 11.4. The molecule has 3 heteroatoms. The highest BCUT2D eigenvalue weighted by molar-refractivity contribution is 5.14. The van der Waals surface area contributed by atoms with E-state index >= 15 is 0 Å². The molecule has 0 unspecified atom stereocenters. The lowest BCUT2D eigenvalue weighted by molar-refractivity contribution is 0.372. The molecule has 0 spiro atoms. The minimum absolute atomic E-state index is 0. The quantitative estimate of drug-likeness (QED) is 0.706. The third-order valence-corrected chi connectivity index (χ3v) is 4.47. The Morgan fingerprint density at radius 2 is 1.64 bits per heavy atom. The van der Waals surface area contributed by atoms with Crippen molar-refractivity contribution < 1.29 is 1.43 Å². The van der Waals surface area contributed by atoms with Crippen molar-refractivity contribution >= 4 is 0 Å². The second-order valence-electron chi connectivity index (χ2n) is 6.41. The Morgan fingerprint density at radius 1 is 0.909 bits per heavy atom. The van der Waals surface area contributed by atoms with E-state index in [1.165, 1.54) is 63.6 Å². The lowest BCUT2D eigenvalue weighted by Crippen LogP contribution is -2.36. The van der Waals surface area contributed by atoms with Gasteiger partial charge in [0.15, 0.2) is 0 Å². The van der Waals surface area contributed by atoms with E-state index in [0.29, 0.717) is 0 Å². The third-order valence-electron chi connectivity index (χ3n) is 4.47. The Balaban J connectivity index is 0.000000377. The second-order valence-corrected chi connectivity index (χ2v) is 6.41. The Bertz CT molecular complexity index is 355. The van der Waals surface area contributed by atoms with Crippen LogP contribution in [0.4, 0.5) is 0 Å². The fourth-order valence-electron chi connectivity index (χ4n) is 3.12. The molecule has 0 bridgehead atoms. The van der Waals surface area contributed by atoms with Gasteiger partial charge in [0.25, 0.3) is 0 Å². The van der Waals surface area contributed by atoms with Crippen molar-refractivity contribution in [1.29, 1.82) is 0 Å². The summed E-state index contributed by atoms with van der Waals surface area (Å²) in [6.45, 7) is 5.64. The van der Waals surface area contributed by atoms with E-state index in [4.69, 9.17) is 0 Å². The van der Waals surface area contributed by atoms with Gasteiger partial charge in [0.05, 0.1) is 0 Å². The van der Waals surface area contributed by atoms with Crippen LogP contribution in [-0.4, -0.2) is 32.2 Å². The molecule has 1 saturated carbocycles. The minimum Gasteiger partial charge on any atom is -0.317 e. The van der Waals surface area contributed by atoms with Crippen molar-refractivity contribution in [1.82, 2.24) is 16.0 Å². The molecular formula is C19H35N3. The van der Waals surface area contributed by atoms with E-state index in [-0.39, 0.29) is 1.43 Å². The first-order valence-corrected chi connectivity index (χ1v) is 9.14. The molecule has 1 aromatic rings. The summed E-state index contributed by atoms with van der Waals surface area (Å²) in [5, 5.41) is 10.3. The van der Waals surface area contributed by atoms with E-state index in [2.05, 4.69) is 46.3 Å². The zero-order valence-electron chi connectivity index (χ0n) is 13.9. The molecule has 1 aliphatic carbocycles. The molecule has 1 heterocycles. The van der Waals surface area contributed by atoms with Gasteiger partial charge in [-0.2, -0.15) is 0 Å². The third kappa shape index (κ3) is 7.92. The van der Waals surface area contributed by atoms with Crippen LogP contribution in [0.5, 0.6) is 0 Å². The number of hydrogen-bond donors (Lipinski definition) is 3. The largest absolute Gasteiger partial charge is 0.317 e. The van der Waals surface area contributed by atoms with Gasteiger partial charge in [-0.05, 0) is 44.3 Å². The molecule has 0 aromatic heterocycles. The van der Waals surface area contributed by atoms with Crippen molar-refractivity contribution in [3.8, 4) is 0 Å². The van der Waals surface area contributed by atoms with Crippen LogP contribution in [0.15, 0.2) is 30.3 Å². The SMILES string of the molecule is C1CCNC1.[HH].c1ccc(CNCCNC2CCCCC2)cc1. The Hall–Kier alpha value is -0.900. The van der Waals surface area contributed by atoms with Crippen LogP contribution in [0.1, 0.15) is 51.9 Å². The first-order chi connectivity index (χ1) is 10.9. The number of rotatable bonds is 6. The van der Waals surface area contributed by atoms with E-state index in [1.807, 2.05) is 0 Å². The van der Waals surface area contributed by atoms with Gasteiger partial charge < -0.3 is 16.0 Å². The first-order valence-electron chi connectivity index (χ1n) is 9.14. The van der Waals surface area contributed by atoms with Crippen LogP contribution in [-0.2, 0) is 6.54 Å². The highest BCUT2D eigenvalue weighted by Gasteiger charge is 2.11. The number of nitrogens with one attached hydrogen (secondary N) is 3. The molecule has 126 valence electrons. The molecule has 3 nitrogen and oxygen atoms in total. The molecule has 0 amide bonds. The summed E-state index contributed by atoms with van der Waals surface area (Å²) in [4.78, 5) is 0. The zero-order chi connectivity index (χ0) is 15.3. The molecule has 0 radical (unpaired) electrons. The summed E-state index contributed by atoms with van der Waals surface area (Å²) in [6.07, 6.45) is 9.78. The number of hydrogen-bond acceptors (Lipinski definition) is 3. The van der Waals surface area contributed by atoms with Gasteiger partial charge in [-0.3, -0.25) is 0 Å². The molecule has 3 N–H and O–H groups in total.